The Morgan fingerprint density at radius 2 is 1.74 bits per heavy atom. The Bertz CT molecular complexity index is 925. The number of aromatic nitrogens is 1. The zero-order valence-electron chi connectivity index (χ0n) is 15.4. The van der Waals surface area contributed by atoms with Crippen LogP contribution in [0.5, 0.6) is 0 Å². The number of hydrogen-bond donors (Lipinski definition) is 4. The molecule has 0 atom stereocenters. The Morgan fingerprint density at radius 3 is 2.41 bits per heavy atom. The number of amides is 2. The van der Waals surface area contributed by atoms with E-state index in [-0.39, 0.29) is 11.3 Å². The first-order valence-electron chi connectivity index (χ1n) is 8.77. The summed E-state index contributed by atoms with van der Waals surface area (Å²) in [4.78, 5) is 27.0. The van der Waals surface area contributed by atoms with Crippen LogP contribution in [0.2, 0.25) is 0 Å². The number of aromatic amines is 1. The predicted molar refractivity (Wildman–Crippen MR) is 104 cm³/mol. The lowest BCUT2D eigenvalue weighted by Gasteiger charge is -2.25. The molecule has 0 aliphatic heterocycles. The minimum Gasteiger partial charge on any atom is -0.351 e. The van der Waals surface area contributed by atoms with Crippen LogP contribution in [0, 0.1) is 5.41 Å². The molecule has 27 heavy (non-hydrogen) atoms. The molecule has 0 fully saturated rings. The SMILES string of the molecule is CC(C)(CNC(=O)c1cc2ccccc2[nH]1)Cc1ccc(C(=O)NO)cc1. The molecule has 140 valence electrons. The van der Waals surface area contributed by atoms with Crippen LogP contribution in [-0.2, 0) is 6.42 Å². The molecule has 0 aliphatic carbocycles. The number of fused-ring (bicyclic) bond motifs is 1. The molecule has 0 radical (unpaired) electrons. The molecule has 1 aromatic heterocycles. The van der Waals surface area contributed by atoms with Gasteiger partial charge in [-0.05, 0) is 41.7 Å². The largest absolute Gasteiger partial charge is 0.351 e. The van der Waals surface area contributed by atoms with E-state index in [4.69, 9.17) is 5.21 Å². The summed E-state index contributed by atoms with van der Waals surface area (Å²) in [6, 6.07) is 16.7. The van der Waals surface area contributed by atoms with Crippen molar-refractivity contribution in [2.45, 2.75) is 20.3 Å². The molecule has 1 heterocycles. The van der Waals surface area contributed by atoms with Crippen LogP contribution >= 0.6 is 0 Å². The van der Waals surface area contributed by atoms with Crippen LogP contribution < -0.4 is 10.8 Å². The second-order valence-corrected chi connectivity index (χ2v) is 7.43. The van der Waals surface area contributed by atoms with E-state index in [0.717, 1.165) is 22.9 Å². The highest BCUT2D eigenvalue weighted by atomic mass is 16.5. The van der Waals surface area contributed by atoms with Gasteiger partial charge >= 0.3 is 0 Å². The van der Waals surface area contributed by atoms with Gasteiger partial charge in [0.1, 0.15) is 5.69 Å². The molecule has 0 saturated carbocycles. The summed E-state index contributed by atoms with van der Waals surface area (Å²) in [5.74, 6) is -0.666. The quantitative estimate of drug-likeness (QED) is 0.399. The van der Waals surface area contributed by atoms with E-state index in [1.54, 1.807) is 17.6 Å². The summed E-state index contributed by atoms with van der Waals surface area (Å²) >= 11 is 0. The monoisotopic (exact) mass is 365 g/mol. The third kappa shape index (κ3) is 4.54. The molecular formula is C21H23N3O3. The fourth-order valence-corrected chi connectivity index (χ4v) is 3.06. The van der Waals surface area contributed by atoms with Crippen LogP contribution in [0.15, 0.2) is 54.6 Å². The van der Waals surface area contributed by atoms with E-state index in [0.29, 0.717) is 17.8 Å². The highest BCUT2D eigenvalue weighted by Crippen LogP contribution is 2.22. The number of carbonyl (C=O) groups is 2. The molecule has 2 aromatic carbocycles. The van der Waals surface area contributed by atoms with Gasteiger partial charge in [-0.1, -0.05) is 44.2 Å². The minimum absolute atomic E-state index is 0.130. The van der Waals surface area contributed by atoms with Gasteiger partial charge in [-0.3, -0.25) is 14.8 Å². The average Bonchev–Trinajstić information content (AvgIpc) is 3.10. The first-order valence-corrected chi connectivity index (χ1v) is 8.77. The van der Waals surface area contributed by atoms with Crippen molar-refractivity contribution in [3.05, 3.63) is 71.4 Å². The van der Waals surface area contributed by atoms with Crippen molar-refractivity contribution < 1.29 is 14.8 Å². The van der Waals surface area contributed by atoms with E-state index in [2.05, 4.69) is 24.1 Å². The second-order valence-electron chi connectivity index (χ2n) is 7.43. The molecule has 2 amide bonds. The number of carbonyl (C=O) groups excluding carboxylic acids is 2. The highest BCUT2D eigenvalue weighted by molar-refractivity contribution is 5.98. The topological polar surface area (TPSA) is 94.2 Å². The molecular weight excluding hydrogens is 342 g/mol. The van der Waals surface area contributed by atoms with Gasteiger partial charge in [-0.15, -0.1) is 0 Å². The Kier molecular flexibility index (Phi) is 5.28. The third-order valence-electron chi connectivity index (χ3n) is 4.50. The summed E-state index contributed by atoms with van der Waals surface area (Å²) < 4.78 is 0. The van der Waals surface area contributed by atoms with Crippen molar-refractivity contribution in [2.24, 2.45) is 5.41 Å². The van der Waals surface area contributed by atoms with Gasteiger partial charge in [0.15, 0.2) is 0 Å². The van der Waals surface area contributed by atoms with Gasteiger partial charge in [-0.2, -0.15) is 0 Å². The van der Waals surface area contributed by atoms with E-state index in [1.165, 1.54) is 0 Å². The predicted octanol–water partition coefficient (Wildman–Crippen LogP) is 3.29. The standard InChI is InChI=1S/C21H23N3O3/c1-21(2,12-14-7-9-15(10-8-14)19(25)24-27)13-22-20(26)18-11-16-5-3-4-6-17(16)23-18/h3-11,23,27H,12-13H2,1-2H3,(H,22,26)(H,24,25). The normalized spacial score (nSPS) is 11.4. The summed E-state index contributed by atoms with van der Waals surface area (Å²) in [7, 11) is 0. The van der Waals surface area contributed by atoms with Gasteiger partial charge in [-0.25, -0.2) is 5.48 Å². The molecule has 4 N–H and O–H groups in total. The van der Waals surface area contributed by atoms with Crippen molar-refractivity contribution in [3.63, 3.8) is 0 Å². The molecule has 6 nitrogen and oxygen atoms in total. The average molecular weight is 365 g/mol. The maximum Gasteiger partial charge on any atom is 0.274 e. The molecule has 0 aliphatic rings. The van der Waals surface area contributed by atoms with Gasteiger partial charge in [0.05, 0.1) is 0 Å². The second kappa shape index (κ2) is 7.63. The minimum atomic E-state index is -0.536. The zero-order valence-corrected chi connectivity index (χ0v) is 15.4. The number of nitrogens with one attached hydrogen (secondary N) is 3. The highest BCUT2D eigenvalue weighted by Gasteiger charge is 2.21. The van der Waals surface area contributed by atoms with Crippen LogP contribution in [0.4, 0.5) is 0 Å². The van der Waals surface area contributed by atoms with Crippen molar-refractivity contribution in [1.29, 1.82) is 0 Å². The van der Waals surface area contributed by atoms with Gasteiger partial charge in [0, 0.05) is 23.0 Å². The Morgan fingerprint density at radius 1 is 1.04 bits per heavy atom. The van der Waals surface area contributed by atoms with Crippen LogP contribution in [0.3, 0.4) is 0 Å². The maximum atomic E-state index is 12.5. The van der Waals surface area contributed by atoms with Crippen molar-refractivity contribution in [3.8, 4) is 0 Å². The van der Waals surface area contributed by atoms with Crippen molar-refractivity contribution >= 4 is 22.7 Å². The lowest BCUT2D eigenvalue weighted by molar-refractivity contribution is 0.0706. The van der Waals surface area contributed by atoms with Crippen LogP contribution in [-0.4, -0.2) is 28.6 Å². The number of hydrogen-bond acceptors (Lipinski definition) is 3. The third-order valence-corrected chi connectivity index (χ3v) is 4.50. The van der Waals surface area contributed by atoms with E-state index in [9.17, 15) is 9.59 Å². The number of para-hydroxylation sites is 1. The first kappa shape index (κ1) is 18.7. The van der Waals surface area contributed by atoms with Gasteiger partial charge in [0.25, 0.3) is 11.8 Å². The molecule has 0 saturated heterocycles. The lowest BCUT2D eigenvalue weighted by Crippen LogP contribution is -2.35. The molecule has 6 heteroatoms. The Hall–Kier alpha value is -3.12. The lowest BCUT2D eigenvalue weighted by atomic mass is 9.85. The van der Waals surface area contributed by atoms with E-state index in [1.807, 2.05) is 42.5 Å². The number of rotatable bonds is 6. The smallest absolute Gasteiger partial charge is 0.274 e. The number of H-pyrrole nitrogens is 1. The summed E-state index contributed by atoms with van der Waals surface area (Å²) in [5.41, 5.74) is 4.38. The fourth-order valence-electron chi connectivity index (χ4n) is 3.06. The number of hydroxylamine groups is 1. The van der Waals surface area contributed by atoms with Crippen LogP contribution in [0.1, 0.15) is 40.3 Å². The van der Waals surface area contributed by atoms with Gasteiger partial charge in [0.2, 0.25) is 0 Å². The molecule has 3 rings (SSSR count). The molecule has 0 bridgehead atoms. The number of benzene rings is 2. The van der Waals surface area contributed by atoms with Gasteiger partial charge < -0.3 is 10.3 Å². The molecule has 0 unspecified atom stereocenters. The molecule has 3 aromatic rings. The Labute approximate surface area is 157 Å². The molecule has 0 spiro atoms. The van der Waals surface area contributed by atoms with E-state index >= 15 is 0 Å². The summed E-state index contributed by atoms with van der Waals surface area (Å²) in [6.45, 7) is 4.67. The fraction of sp³-hybridized carbons (Fsp3) is 0.238. The Balaban J connectivity index is 1.60. The summed E-state index contributed by atoms with van der Waals surface area (Å²) in [6.07, 6.45) is 0.737. The maximum absolute atomic E-state index is 12.5. The van der Waals surface area contributed by atoms with Crippen molar-refractivity contribution in [2.75, 3.05) is 6.54 Å². The zero-order chi connectivity index (χ0) is 19.4. The van der Waals surface area contributed by atoms with E-state index < -0.39 is 5.91 Å². The van der Waals surface area contributed by atoms with Crippen LogP contribution in [0.25, 0.3) is 10.9 Å². The van der Waals surface area contributed by atoms with Crippen molar-refractivity contribution in [1.82, 2.24) is 15.8 Å². The first-order chi connectivity index (χ1) is 12.9. The summed E-state index contributed by atoms with van der Waals surface area (Å²) in [5, 5.41) is 12.7.